The lowest BCUT2D eigenvalue weighted by atomic mass is 10.1. The Balaban J connectivity index is 0.000000217. The molecule has 0 saturated carbocycles. The van der Waals surface area contributed by atoms with Gasteiger partial charge in [-0.25, -0.2) is 5.14 Å². The van der Waals surface area contributed by atoms with Crippen LogP contribution in [0.4, 0.5) is 0 Å². The summed E-state index contributed by atoms with van der Waals surface area (Å²) in [4.78, 5) is 0. The predicted molar refractivity (Wildman–Crippen MR) is 82.3 cm³/mol. The molecule has 0 aliphatic rings. The van der Waals surface area contributed by atoms with Gasteiger partial charge in [0.1, 0.15) is 0 Å². The van der Waals surface area contributed by atoms with Gasteiger partial charge in [0.15, 0.2) is 0 Å². The van der Waals surface area contributed by atoms with Gasteiger partial charge >= 0.3 is 0 Å². The SMILES string of the molecule is Cc1ccccc1C.NS(=O)(=O)NCc1ccccc1. The molecule has 2 rings (SSSR count). The molecule has 0 aliphatic carbocycles. The van der Waals surface area contributed by atoms with Crippen molar-refractivity contribution in [3.8, 4) is 0 Å². The van der Waals surface area contributed by atoms with E-state index < -0.39 is 10.2 Å². The molecule has 0 unspecified atom stereocenters. The fraction of sp³-hybridized carbons (Fsp3) is 0.200. The summed E-state index contributed by atoms with van der Waals surface area (Å²) in [7, 11) is -3.57. The van der Waals surface area contributed by atoms with Crippen LogP contribution in [-0.4, -0.2) is 8.42 Å². The second kappa shape index (κ2) is 7.79. The van der Waals surface area contributed by atoms with Crippen LogP contribution in [0.25, 0.3) is 0 Å². The van der Waals surface area contributed by atoms with Crippen molar-refractivity contribution in [2.75, 3.05) is 0 Å². The minimum atomic E-state index is -3.57. The molecule has 0 radical (unpaired) electrons. The zero-order valence-electron chi connectivity index (χ0n) is 11.7. The summed E-state index contributed by atoms with van der Waals surface area (Å²) in [5.41, 5.74) is 3.62. The molecule has 20 heavy (non-hydrogen) atoms. The average molecular weight is 292 g/mol. The molecule has 3 N–H and O–H groups in total. The number of rotatable bonds is 3. The minimum absolute atomic E-state index is 0.236. The van der Waals surface area contributed by atoms with Crippen LogP contribution in [0.3, 0.4) is 0 Å². The highest BCUT2D eigenvalue weighted by molar-refractivity contribution is 7.87. The van der Waals surface area contributed by atoms with Gasteiger partial charge < -0.3 is 0 Å². The van der Waals surface area contributed by atoms with Crippen molar-refractivity contribution < 1.29 is 8.42 Å². The first-order valence-corrected chi connectivity index (χ1v) is 7.76. The van der Waals surface area contributed by atoms with Gasteiger partial charge in [-0.1, -0.05) is 54.6 Å². The van der Waals surface area contributed by atoms with Crippen molar-refractivity contribution in [3.63, 3.8) is 0 Å². The van der Waals surface area contributed by atoms with Gasteiger partial charge in [-0.3, -0.25) is 0 Å². The molecule has 0 aliphatic heterocycles. The van der Waals surface area contributed by atoms with Gasteiger partial charge in [-0.15, -0.1) is 0 Å². The first kappa shape index (κ1) is 16.4. The van der Waals surface area contributed by atoms with E-state index in [0.717, 1.165) is 5.56 Å². The normalized spacial score (nSPS) is 10.6. The largest absolute Gasteiger partial charge is 0.274 e. The van der Waals surface area contributed by atoms with E-state index in [1.807, 2.05) is 30.3 Å². The zero-order valence-corrected chi connectivity index (χ0v) is 12.5. The fourth-order valence-corrected chi connectivity index (χ4v) is 1.81. The maximum atomic E-state index is 10.5. The first-order chi connectivity index (χ1) is 9.38. The van der Waals surface area contributed by atoms with Crippen LogP contribution >= 0.6 is 0 Å². The van der Waals surface area contributed by atoms with Crippen molar-refractivity contribution in [3.05, 3.63) is 71.3 Å². The summed E-state index contributed by atoms with van der Waals surface area (Å²) in [5, 5.41) is 4.74. The maximum absolute atomic E-state index is 10.5. The second-order valence-corrected chi connectivity index (χ2v) is 5.81. The third-order valence-electron chi connectivity index (χ3n) is 2.75. The molecule has 108 valence electrons. The Bertz CT molecular complexity index is 604. The summed E-state index contributed by atoms with van der Waals surface area (Å²) in [6.45, 7) is 4.48. The number of hydrogen-bond donors (Lipinski definition) is 2. The van der Waals surface area contributed by atoms with Crippen LogP contribution in [0, 0.1) is 13.8 Å². The van der Waals surface area contributed by atoms with Gasteiger partial charge in [0.05, 0.1) is 0 Å². The van der Waals surface area contributed by atoms with E-state index in [0.29, 0.717) is 0 Å². The first-order valence-electron chi connectivity index (χ1n) is 6.22. The zero-order chi connectivity index (χ0) is 15.0. The van der Waals surface area contributed by atoms with E-state index in [1.54, 1.807) is 0 Å². The third kappa shape index (κ3) is 7.04. The monoisotopic (exact) mass is 292 g/mol. The van der Waals surface area contributed by atoms with Gasteiger partial charge in [0.2, 0.25) is 0 Å². The maximum Gasteiger partial charge on any atom is 0.274 e. The molecule has 0 spiro atoms. The Morgan fingerprint density at radius 3 is 1.75 bits per heavy atom. The lowest BCUT2D eigenvalue weighted by molar-refractivity contribution is 0.583. The van der Waals surface area contributed by atoms with E-state index in [1.165, 1.54) is 11.1 Å². The molecular formula is C15H20N2O2S. The molecule has 0 saturated heterocycles. The Labute approximate surface area is 120 Å². The Kier molecular flexibility index (Phi) is 6.38. The molecule has 2 aromatic rings. The highest BCUT2D eigenvalue weighted by Gasteiger charge is 1.99. The van der Waals surface area contributed by atoms with Gasteiger partial charge in [-0.2, -0.15) is 13.1 Å². The van der Waals surface area contributed by atoms with E-state index in [-0.39, 0.29) is 6.54 Å². The summed E-state index contributed by atoms with van der Waals surface area (Å²) >= 11 is 0. The quantitative estimate of drug-likeness (QED) is 0.911. The van der Waals surface area contributed by atoms with Crippen molar-refractivity contribution in [2.45, 2.75) is 20.4 Å². The van der Waals surface area contributed by atoms with Crippen molar-refractivity contribution >= 4 is 10.2 Å². The van der Waals surface area contributed by atoms with Crippen molar-refractivity contribution in [1.82, 2.24) is 4.72 Å². The second-order valence-electron chi connectivity index (χ2n) is 4.44. The highest BCUT2D eigenvalue weighted by atomic mass is 32.2. The average Bonchev–Trinajstić information content (AvgIpc) is 2.41. The van der Waals surface area contributed by atoms with Crippen molar-refractivity contribution in [2.24, 2.45) is 5.14 Å². The molecule has 5 heteroatoms. The summed E-state index contributed by atoms with van der Waals surface area (Å²) < 4.78 is 23.1. The van der Waals surface area contributed by atoms with Gasteiger partial charge in [0, 0.05) is 6.54 Å². The molecule has 0 fully saturated rings. The van der Waals surface area contributed by atoms with E-state index in [2.05, 4.69) is 42.8 Å². The van der Waals surface area contributed by atoms with Crippen molar-refractivity contribution in [1.29, 1.82) is 0 Å². The molecule has 0 aromatic heterocycles. The Morgan fingerprint density at radius 2 is 1.35 bits per heavy atom. The summed E-state index contributed by atoms with van der Waals surface area (Å²) in [6.07, 6.45) is 0. The standard InChI is InChI=1S/C8H10.C7H10N2O2S/c1-7-5-3-4-6-8(7)2;8-12(10,11)9-6-7-4-2-1-3-5-7/h3-6H,1-2H3;1-5,9H,6H2,(H2,8,10,11). The van der Waals surface area contributed by atoms with Crippen LogP contribution < -0.4 is 9.86 Å². The Morgan fingerprint density at radius 1 is 0.900 bits per heavy atom. The minimum Gasteiger partial charge on any atom is -0.216 e. The molecule has 2 aromatic carbocycles. The van der Waals surface area contributed by atoms with Gasteiger partial charge in [-0.05, 0) is 30.5 Å². The van der Waals surface area contributed by atoms with Crippen LogP contribution in [0.5, 0.6) is 0 Å². The molecular weight excluding hydrogens is 272 g/mol. The lowest BCUT2D eigenvalue weighted by Gasteiger charge is -2.00. The van der Waals surface area contributed by atoms with Crippen LogP contribution in [0.15, 0.2) is 54.6 Å². The van der Waals surface area contributed by atoms with E-state index in [9.17, 15) is 8.42 Å². The molecule has 4 nitrogen and oxygen atoms in total. The molecule has 0 bridgehead atoms. The van der Waals surface area contributed by atoms with Crippen LogP contribution in [0.1, 0.15) is 16.7 Å². The Hall–Kier alpha value is -1.69. The van der Waals surface area contributed by atoms with Crippen LogP contribution in [-0.2, 0) is 16.8 Å². The van der Waals surface area contributed by atoms with E-state index >= 15 is 0 Å². The predicted octanol–water partition coefficient (Wildman–Crippen LogP) is 2.28. The summed E-state index contributed by atoms with van der Waals surface area (Å²) in [5.74, 6) is 0. The number of nitrogens with one attached hydrogen (secondary N) is 1. The number of benzene rings is 2. The third-order valence-corrected chi connectivity index (χ3v) is 3.29. The molecule has 0 atom stereocenters. The van der Waals surface area contributed by atoms with E-state index in [4.69, 9.17) is 5.14 Å². The number of nitrogens with two attached hydrogens (primary N) is 1. The molecule has 0 amide bonds. The lowest BCUT2D eigenvalue weighted by Crippen LogP contribution is -2.30. The summed E-state index contributed by atoms with van der Waals surface area (Å²) in [6, 6.07) is 17.5. The topological polar surface area (TPSA) is 72.2 Å². The number of aryl methyl sites for hydroxylation is 2. The number of hydrogen-bond acceptors (Lipinski definition) is 2. The van der Waals surface area contributed by atoms with Crippen LogP contribution in [0.2, 0.25) is 0 Å². The fourth-order valence-electron chi connectivity index (χ4n) is 1.44. The smallest absolute Gasteiger partial charge is 0.216 e. The van der Waals surface area contributed by atoms with Gasteiger partial charge in [0.25, 0.3) is 10.2 Å². The highest BCUT2D eigenvalue weighted by Crippen LogP contribution is 2.02. The molecule has 0 heterocycles.